The maximum Gasteiger partial charge on any atom is 0.0148 e. The molecule has 8 aliphatic rings. The monoisotopic (exact) mass is 781 g/mol. The summed E-state index contributed by atoms with van der Waals surface area (Å²) in [5.74, 6) is 0. The van der Waals surface area contributed by atoms with E-state index in [-0.39, 0.29) is 31.7 Å². The Morgan fingerprint density at radius 2 is 0.404 bits per heavy atom. The van der Waals surface area contributed by atoms with E-state index in [1.807, 2.05) is 76.6 Å². The Hall–Kier alpha value is -0.360. The Bertz CT molecular complexity index is 1490. The molecule has 8 rings (SSSR count). The third-order valence-corrected chi connectivity index (χ3v) is 28.4. The quantitative estimate of drug-likeness (QED) is 0.245. The van der Waals surface area contributed by atoms with Crippen molar-refractivity contribution < 1.29 is 0 Å². The fourth-order valence-corrected chi connectivity index (χ4v) is 26.0. The second-order valence-corrected chi connectivity index (χ2v) is 25.6. The minimum atomic E-state index is -0.0309. The Morgan fingerprint density at radius 1 is 0.269 bits per heavy atom. The zero-order chi connectivity index (χ0) is 40.4. The van der Waals surface area contributed by atoms with Crippen LogP contribution < -0.4 is 0 Å². The highest BCUT2D eigenvalue weighted by atomic mass is 31.1. The molecule has 4 heteroatoms. The number of rotatable bonds is 2. The van der Waals surface area contributed by atoms with Crippen LogP contribution in [0.4, 0.5) is 0 Å². The molecule has 0 aromatic heterocycles. The van der Waals surface area contributed by atoms with Crippen LogP contribution in [0.25, 0.3) is 0 Å². The van der Waals surface area contributed by atoms with E-state index in [2.05, 4.69) is 111 Å². The average molecular weight is 781 g/mol. The van der Waals surface area contributed by atoms with E-state index in [0.717, 1.165) is 0 Å². The first-order valence-electron chi connectivity index (χ1n) is 21.0. The summed E-state index contributed by atoms with van der Waals surface area (Å²) >= 11 is 0. The van der Waals surface area contributed by atoms with Gasteiger partial charge < -0.3 is 0 Å². The van der Waals surface area contributed by atoms with Crippen molar-refractivity contribution in [3.05, 3.63) is 87.1 Å². The summed E-state index contributed by atoms with van der Waals surface area (Å²) in [5, 5.41) is 14.3. The maximum absolute atomic E-state index is 2.50. The summed E-state index contributed by atoms with van der Waals surface area (Å²) in [6.07, 6.45) is 5.61. The lowest BCUT2D eigenvalue weighted by Gasteiger charge is -2.32. The Balaban J connectivity index is 0.000000236. The highest BCUT2D eigenvalue weighted by Crippen LogP contribution is 2.84. The first kappa shape index (κ1) is 46.0. The van der Waals surface area contributed by atoms with Gasteiger partial charge in [0.25, 0.3) is 0 Å². The fourth-order valence-electron chi connectivity index (χ4n) is 10.3. The standard InChI is InChI=1S/2C20H28P2.4C2H6/c2*1-11-15(5)21-9-19(11,7)13(3)17(21)18-14(4)20(8)10-22(18)16(6)12(20)2;4*1-2/h2*9-10H2,1-8H3;4*1-2H3/t2*19-,20-,21+,22+;;;;/m10..../s1. The molecule has 0 aliphatic carbocycles. The number of allylic oxidation sites excluding steroid dienone is 16. The van der Waals surface area contributed by atoms with Crippen LogP contribution in [0.2, 0.25) is 0 Å². The number of fused-ring (bicyclic) bond motifs is 8. The van der Waals surface area contributed by atoms with E-state index in [1.165, 1.54) is 24.6 Å². The smallest absolute Gasteiger partial charge is 0.0148 e. The molecule has 0 unspecified atom stereocenters. The Labute approximate surface area is 329 Å². The molecule has 8 bridgehead atoms. The number of hydrogen-bond acceptors (Lipinski definition) is 0. The molecule has 8 aliphatic heterocycles. The lowest BCUT2D eigenvalue weighted by atomic mass is 9.76. The summed E-state index contributed by atoms with van der Waals surface area (Å²) in [5.41, 5.74) is 15.1. The van der Waals surface area contributed by atoms with Gasteiger partial charge in [0.2, 0.25) is 0 Å². The molecule has 0 fully saturated rings. The van der Waals surface area contributed by atoms with Crippen molar-refractivity contribution in [2.24, 2.45) is 21.7 Å². The van der Waals surface area contributed by atoms with Crippen LogP contribution in [0.15, 0.2) is 87.1 Å². The minimum absolute atomic E-state index is 0.0309. The van der Waals surface area contributed by atoms with Gasteiger partial charge in [0.05, 0.1) is 0 Å². The van der Waals surface area contributed by atoms with Crippen molar-refractivity contribution in [1.29, 1.82) is 0 Å². The van der Waals surface area contributed by atoms with Crippen LogP contribution in [0, 0.1) is 21.7 Å². The molecule has 0 N–H and O–H groups in total. The third kappa shape index (κ3) is 6.02. The van der Waals surface area contributed by atoms with Gasteiger partial charge in [-0.25, -0.2) is 0 Å². The van der Waals surface area contributed by atoms with Crippen molar-refractivity contribution in [2.75, 3.05) is 24.6 Å². The van der Waals surface area contributed by atoms with E-state index < -0.39 is 0 Å². The zero-order valence-electron chi connectivity index (χ0n) is 38.6. The van der Waals surface area contributed by atoms with Crippen LogP contribution in [0.5, 0.6) is 0 Å². The minimum Gasteiger partial charge on any atom is -0.0683 e. The van der Waals surface area contributed by atoms with Crippen LogP contribution in [-0.4, -0.2) is 24.6 Å². The van der Waals surface area contributed by atoms with Crippen molar-refractivity contribution in [3.63, 3.8) is 0 Å². The molecule has 8 atom stereocenters. The van der Waals surface area contributed by atoms with E-state index in [4.69, 9.17) is 0 Å². The van der Waals surface area contributed by atoms with E-state index in [0.29, 0.717) is 21.7 Å². The predicted octanol–water partition coefficient (Wildman–Crippen LogP) is 18.4. The van der Waals surface area contributed by atoms with Gasteiger partial charge in [-0.3, -0.25) is 0 Å². The lowest BCUT2D eigenvalue weighted by molar-refractivity contribution is 0.557. The van der Waals surface area contributed by atoms with Gasteiger partial charge >= 0.3 is 0 Å². The molecule has 0 spiro atoms. The molecule has 0 saturated heterocycles. The van der Waals surface area contributed by atoms with Gasteiger partial charge in [-0.05, 0) is 182 Å². The van der Waals surface area contributed by atoms with Gasteiger partial charge in [-0.2, -0.15) is 0 Å². The van der Waals surface area contributed by atoms with Gasteiger partial charge in [0.15, 0.2) is 0 Å². The molecule has 52 heavy (non-hydrogen) atoms. The zero-order valence-corrected chi connectivity index (χ0v) is 42.2. The Morgan fingerprint density at radius 3 is 0.519 bits per heavy atom. The van der Waals surface area contributed by atoms with Crippen molar-refractivity contribution in [1.82, 2.24) is 0 Å². The predicted molar refractivity (Wildman–Crippen MR) is 249 cm³/mol. The van der Waals surface area contributed by atoms with Crippen LogP contribution in [-0.2, 0) is 0 Å². The summed E-state index contributed by atoms with van der Waals surface area (Å²) in [7, 11) is -0.124. The van der Waals surface area contributed by atoms with Gasteiger partial charge in [0, 0.05) is 21.7 Å². The van der Waals surface area contributed by atoms with Crippen molar-refractivity contribution in [3.8, 4) is 0 Å². The molecule has 0 radical (unpaired) electrons. The number of hydrogen-bond donors (Lipinski definition) is 0. The van der Waals surface area contributed by atoms with E-state index >= 15 is 0 Å². The fraction of sp³-hybridized carbons (Fsp3) is 0.667. The highest BCUT2D eigenvalue weighted by molar-refractivity contribution is 7.73. The third-order valence-electron chi connectivity index (χ3n) is 15.3. The summed E-state index contributed by atoms with van der Waals surface area (Å²) in [6, 6.07) is 0. The van der Waals surface area contributed by atoms with Gasteiger partial charge in [-0.15, -0.1) is 0 Å². The van der Waals surface area contributed by atoms with Crippen molar-refractivity contribution >= 4 is 31.7 Å². The molecule has 8 heterocycles. The second kappa shape index (κ2) is 16.2. The highest BCUT2D eigenvalue weighted by Gasteiger charge is 2.57. The topological polar surface area (TPSA) is 0 Å². The SMILES string of the molecule is CC.CC.CC.CC.CC1=C(C)[C@@]2(C)C[P@]1C(C1=C(C)[C@]3(C)C[P@@]1C(C)=C3C)=C2C.CC1=C(C)[C@]2(C)C[P@@]1C(C1=C(C)[C@@]3(C)C[P@]1C(C)=C3C)=C2C. The molecule has 292 valence electrons. The normalized spacial score (nSPS) is 37.4. The summed E-state index contributed by atoms with van der Waals surface area (Å²) in [6.45, 7) is 55.1. The molecule has 0 nitrogen and oxygen atoms in total. The van der Waals surface area contributed by atoms with Crippen molar-refractivity contribution in [2.45, 2.75) is 166 Å². The Kier molecular flexibility index (Phi) is 14.4. The summed E-state index contributed by atoms with van der Waals surface area (Å²) in [4.78, 5) is 0. The molecule has 0 saturated carbocycles. The average Bonchev–Trinajstić information content (AvgIpc) is 3.97. The van der Waals surface area contributed by atoms with Gasteiger partial charge in [0.1, 0.15) is 0 Å². The molecular formula is C48H80P4. The van der Waals surface area contributed by atoms with Gasteiger partial charge in [-0.1, -0.05) is 128 Å². The van der Waals surface area contributed by atoms with E-state index in [1.54, 1.807) is 65.8 Å². The first-order valence-corrected chi connectivity index (χ1v) is 27.1. The second-order valence-electron chi connectivity index (χ2n) is 16.4. The largest absolute Gasteiger partial charge is 0.0683 e. The maximum atomic E-state index is 2.50. The summed E-state index contributed by atoms with van der Waals surface area (Å²) < 4.78 is 0. The molecule has 0 amide bonds. The first-order chi connectivity index (χ1) is 24.3. The van der Waals surface area contributed by atoms with E-state index in [9.17, 15) is 0 Å². The molecule has 0 aromatic rings. The van der Waals surface area contributed by atoms with Crippen LogP contribution in [0.1, 0.15) is 166 Å². The van der Waals surface area contributed by atoms with Crippen LogP contribution in [0.3, 0.4) is 0 Å². The van der Waals surface area contributed by atoms with Crippen LogP contribution >= 0.6 is 31.7 Å². The molecule has 0 aromatic carbocycles. The molecular weight excluding hydrogens is 700 g/mol. The lowest BCUT2D eigenvalue weighted by Crippen LogP contribution is -2.19.